The summed E-state index contributed by atoms with van der Waals surface area (Å²) in [5, 5.41) is 2.93. The van der Waals surface area contributed by atoms with Crippen molar-refractivity contribution in [1.29, 1.82) is 0 Å². The standard InChI is InChI=1S/C24H32FN3O2/c1-7-17(4)28(24(30)18-8-10-20(25)11-9-18)15-19-14-21(26-23(29)16(2)3)12-13-22(19)27(5)6/h8-14,16-17H,7,15H2,1-6H3,(H,26,29). The van der Waals surface area contributed by atoms with E-state index < -0.39 is 0 Å². The number of amides is 2. The molecule has 2 aromatic rings. The highest BCUT2D eigenvalue weighted by molar-refractivity contribution is 5.95. The van der Waals surface area contributed by atoms with Gasteiger partial charge in [-0.3, -0.25) is 9.59 Å². The molecule has 0 saturated heterocycles. The van der Waals surface area contributed by atoms with Gasteiger partial charge in [0.15, 0.2) is 0 Å². The van der Waals surface area contributed by atoms with Crippen LogP contribution in [0.1, 0.15) is 50.0 Å². The van der Waals surface area contributed by atoms with Crippen LogP contribution in [0.25, 0.3) is 0 Å². The monoisotopic (exact) mass is 413 g/mol. The van der Waals surface area contributed by atoms with E-state index in [4.69, 9.17) is 0 Å². The van der Waals surface area contributed by atoms with Crippen molar-refractivity contribution in [1.82, 2.24) is 4.90 Å². The molecule has 0 saturated carbocycles. The highest BCUT2D eigenvalue weighted by Crippen LogP contribution is 2.27. The lowest BCUT2D eigenvalue weighted by molar-refractivity contribution is -0.118. The Morgan fingerprint density at radius 1 is 1.03 bits per heavy atom. The molecule has 1 unspecified atom stereocenters. The van der Waals surface area contributed by atoms with Crippen LogP contribution in [-0.2, 0) is 11.3 Å². The van der Waals surface area contributed by atoms with Gasteiger partial charge in [-0.15, -0.1) is 0 Å². The minimum atomic E-state index is -0.370. The molecule has 2 rings (SSSR count). The van der Waals surface area contributed by atoms with Gasteiger partial charge in [0.05, 0.1) is 0 Å². The third-order valence-electron chi connectivity index (χ3n) is 5.17. The van der Waals surface area contributed by atoms with Gasteiger partial charge in [0.25, 0.3) is 5.91 Å². The summed E-state index contributed by atoms with van der Waals surface area (Å²) in [6.07, 6.45) is 0.786. The molecule has 1 N–H and O–H groups in total. The molecule has 0 bridgehead atoms. The van der Waals surface area contributed by atoms with Crippen molar-refractivity contribution in [3.05, 3.63) is 59.4 Å². The Balaban J connectivity index is 2.40. The second-order valence-corrected chi connectivity index (χ2v) is 8.08. The Morgan fingerprint density at radius 2 is 1.67 bits per heavy atom. The first-order chi connectivity index (χ1) is 14.1. The topological polar surface area (TPSA) is 52.7 Å². The summed E-state index contributed by atoms with van der Waals surface area (Å²) >= 11 is 0. The van der Waals surface area contributed by atoms with Crippen molar-refractivity contribution in [3.8, 4) is 0 Å². The van der Waals surface area contributed by atoms with Crippen LogP contribution in [0.3, 0.4) is 0 Å². The number of benzene rings is 2. The molecule has 1 atom stereocenters. The predicted octanol–water partition coefficient (Wildman–Crippen LogP) is 4.93. The van der Waals surface area contributed by atoms with Crippen LogP contribution in [-0.4, -0.2) is 36.9 Å². The van der Waals surface area contributed by atoms with Crippen LogP contribution in [0, 0.1) is 11.7 Å². The number of nitrogens with zero attached hydrogens (tertiary/aromatic N) is 2. The predicted molar refractivity (Wildman–Crippen MR) is 120 cm³/mol. The lowest BCUT2D eigenvalue weighted by Gasteiger charge is -2.31. The van der Waals surface area contributed by atoms with Gasteiger partial charge in [0.2, 0.25) is 5.91 Å². The Labute approximate surface area is 178 Å². The SMILES string of the molecule is CCC(C)N(Cc1cc(NC(=O)C(C)C)ccc1N(C)C)C(=O)c1ccc(F)cc1. The van der Waals surface area contributed by atoms with E-state index in [1.54, 1.807) is 4.90 Å². The van der Waals surface area contributed by atoms with E-state index in [1.165, 1.54) is 24.3 Å². The molecular weight excluding hydrogens is 381 g/mol. The van der Waals surface area contributed by atoms with Gasteiger partial charge in [0, 0.05) is 49.5 Å². The van der Waals surface area contributed by atoms with E-state index >= 15 is 0 Å². The van der Waals surface area contributed by atoms with Gasteiger partial charge < -0.3 is 15.1 Å². The molecule has 0 aromatic heterocycles. The molecule has 0 heterocycles. The molecule has 0 aliphatic heterocycles. The Kier molecular flexibility index (Phi) is 7.98. The summed E-state index contributed by atoms with van der Waals surface area (Å²) in [5.41, 5.74) is 3.05. The zero-order valence-corrected chi connectivity index (χ0v) is 18.7. The van der Waals surface area contributed by atoms with Gasteiger partial charge in [-0.05, 0) is 61.4 Å². The summed E-state index contributed by atoms with van der Waals surface area (Å²) in [5.74, 6) is -0.700. The smallest absolute Gasteiger partial charge is 0.254 e. The maximum Gasteiger partial charge on any atom is 0.254 e. The van der Waals surface area contributed by atoms with E-state index in [-0.39, 0.29) is 29.6 Å². The van der Waals surface area contributed by atoms with Gasteiger partial charge in [-0.2, -0.15) is 0 Å². The second kappa shape index (κ2) is 10.2. The van der Waals surface area contributed by atoms with Gasteiger partial charge in [0.1, 0.15) is 5.82 Å². The van der Waals surface area contributed by atoms with Crippen LogP contribution >= 0.6 is 0 Å². The van der Waals surface area contributed by atoms with Gasteiger partial charge in [-0.25, -0.2) is 4.39 Å². The number of carbonyl (C=O) groups is 2. The molecule has 0 fully saturated rings. The summed E-state index contributed by atoms with van der Waals surface area (Å²) < 4.78 is 13.3. The molecule has 30 heavy (non-hydrogen) atoms. The van der Waals surface area contributed by atoms with Crippen molar-refractivity contribution >= 4 is 23.2 Å². The number of anilines is 2. The second-order valence-electron chi connectivity index (χ2n) is 8.08. The van der Waals surface area contributed by atoms with Crippen molar-refractivity contribution in [3.63, 3.8) is 0 Å². The Hall–Kier alpha value is -2.89. The first-order valence-electron chi connectivity index (χ1n) is 10.3. The van der Waals surface area contributed by atoms with Crippen LogP contribution in [0.5, 0.6) is 0 Å². The molecule has 6 heteroatoms. The number of rotatable bonds is 8. The first kappa shape index (κ1) is 23.4. The third kappa shape index (κ3) is 5.81. The number of nitrogens with one attached hydrogen (secondary N) is 1. The molecule has 0 spiro atoms. The summed E-state index contributed by atoms with van der Waals surface area (Å²) in [4.78, 5) is 29.1. The molecule has 162 valence electrons. The van der Waals surface area contributed by atoms with Crippen LogP contribution in [0.2, 0.25) is 0 Å². The van der Waals surface area contributed by atoms with Crippen molar-refractivity contribution in [2.75, 3.05) is 24.3 Å². The fraction of sp³-hybridized carbons (Fsp3) is 0.417. The molecule has 5 nitrogen and oxygen atoms in total. The highest BCUT2D eigenvalue weighted by Gasteiger charge is 2.23. The normalized spacial score (nSPS) is 11.9. The van der Waals surface area contributed by atoms with E-state index in [0.717, 1.165) is 17.7 Å². The summed E-state index contributed by atoms with van der Waals surface area (Å²) in [6, 6.07) is 11.4. The lowest BCUT2D eigenvalue weighted by atomic mass is 10.1. The fourth-order valence-electron chi connectivity index (χ4n) is 3.10. The quantitative estimate of drug-likeness (QED) is 0.668. The van der Waals surface area contributed by atoms with E-state index in [9.17, 15) is 14.0 Å². The average Bonchev–Trinajstić information content (AvgIpc) is 2.71. The Bertz CT molecular complexity index is 879. The lowest BCUT2D eigenvalue weighted by Crippen LogP contribution is -2.38. The van der Waals surface area contributed by atoms with Crippen molar-refractivity contribution in [2.45, 2.75) is 46.7 Å². The molecular formula is C24H32FN3O2. The van der Waals surface area contributed by atoms with E-state index in [0.29, 0.717) is 17.8 Å². The van der Waals surface area contributed by atoms with E-state index in [2.05, 4.69) is 5.32 Å². The minimum Gasteiger partial charge on any atom is -0.377 e. The zero-order valence-electron chi connectivity index (χ0n) is 18.7. The molecule has 2 aromatic carbocycles. The highest BCUT2D eigenvalue weighted by atomic mass is 19.1. The summed E-state index contributed by atoms with van der Waals surface area (Å²) in [7, 11) is 3.89. The van der Waals surface area contributed by atoms with Crippen LogP contribution < -0.4 is 10.2 Å². The number of carbonyl (C=O) groups excluding carboxylic acids is 2. The van der Waals surface area contributed by atoms with Gasteiger partial charge >= 0.3 is 0 Å². The van der Waals surface area contributed by atoms with Crippen molar-refractivity contribution in [2.24, 2.45) is 5.92 Å². The Morgan fingerprint density at radius 3 is 2.20 bits per heavy atom. The van der Waals surface area contributed by atoms with E-state index in [1.807, 2.05) is 64.9 Å². The molecule has 0 aliphatic carbocycles. The first-order valence-corrected chi connectivity index (χ1v) is 10.3. The van der Waals surface area contributed by atoms with Crippen LogP contribution in [0.4, 0.5) is 15.8 Å². The molecule has 2 amide bonds. The largest absolute Gasteiger partial charge is 0.377 e. The maximum atomic E-state index is 13.3. The summed E-state index contributed by atoms with van der Waals surface area (Å²) in [6.45, 7) is 8.10. The van der Waals surface area contributed by atoms with Crippen molar-refractivity contribution < 1.29 is 14.0 Å². The zero-order chi connectivity index (χ0) is 22.4. The van der Waals surface area contributed by atoms with Gasteiger partial charge in [-0.1, -0.05) is 20.8 Å². The number of hydrogen-bond donors (Lipinski definition) is 1. The third-order valence-corrected chi connectivity index (χ3v) is 5.17. The van der Waals surface area contributed by atoms with Crippen LogP contribution in [0.15, 0.2) is 42.5 Å². The maximum absolute atomic E-state index is 13.3. The minimum absolute atomic E-state index is 0.00789. The fourth-order valence-corrected chi connectivity index (χ4v) is 3.10. The average molecular weight is 414 g/mol. The molecule has 0 aliphatic rings. The molecule has 0 radical (unpaired) electrons. The number of hydrogen-bond acceptors (Lipinski definition) is 3. The number of halogens is 1.